The Kier molecular flexibility index (Phi) is 13.1. The number of carboxylic acid groups (broad SMARTS) is 1. The zero-order chi connectivity index (χ0) is 26.3. The van der Waals surface area contributed by atoms with Crippen LogP contribution in [0.2, 0.25) is 5.02 Å². The zero-order valence-electron chi connectivity index (χ0n) is 21.5. The van der Waals surface area contributed by atoms with E-state index in [4.69, 9.17) is 21.1 Å². The van der Waals surface area contributed by atoms with Gasteiger partial charge in [0.1, 0.15) is 12.4 Å². The van der Waals surface area contributed by atoms with Gasteiger partial charge in [0.25, 0.3) is 0 Å². The summed E-state index contributed by atoms with van der Waals surface area (Å²) in [6, 6.07) is 14.3. The van der Waals surface area contributed by atoms with Gasteiger partial charge in [0, 0.05) is 19.6 Å². The van der Waals surface area contributed by atoms with E-state index in [1.165, 1.54) is 0 Å². The third-order valence-electron chi connectivity index (χ3n) is 5.89. The number of nitrogens with one attached hydrogen (secondary N) is 1. The Morgan fingerprint density at radius 1 is 1.03 bits per heavy atom. The van der Waals surface area contributed by atoms with E-state index in [2.05, 4.69) is 19.2 Å². The minimum Gasteiger partial charge on any atom is -0.492 e. The first-order chi connectivity index (χ1) is 17.4. The van der Waals surface area contributed by atoms with E-state index in [1.54, 1.807) is 24.0 Å². The summed E-state index contributed by atoms with van der Waals surface area (Å²) >= 11 is 6.24. The molecule has 0 fully saturated rings. The fourth-order valence-electron chi connectivity index (χ4n) is 4.12. The molecule has 2 amide bonds. The van der Waals surface area contributed by atoms with Crippen LogP contribution >= 0.6 is 11.6 Å². The first-order valence-corrected chi connectivity index (χ1v) is 13.1. The summed E-state index contributed by atoms with van der Waals surface area (Å²) in [5, 5.41) is 12.7. The minimum absolute atomic E-state index is 0.199. The number of aliphatic carboxylic acids is 1. The highest BCUT2D eigenvalue weighted by atomic mass is 35.5. The zero-order valence-corrected chi connectivity index (χ0v) is 22.3. The maximum absolute atomic E-state index is 13.1. The maximum Gasteiger partial charge on any atom is 0.333 e. The Hall–Kier alpha value is -2.77. The normalized spacial score (nSPS) is 11.8. The molecule has 7 nitrogen and oxygen atoms in total. The van der Waals surface area contributed by atoms with Crippen molar-refractivity contribution in [2.24, 2.45) is 5.92 Å². The first-order valence-electron chi connectivity index (χ1n) is 12.7. The summed E-state index contributed by atoms with van der Waals surface area (Å²) in [6.45, 7) is 7.85. The molecule has 1 unspecified atom stereocenters. The van der Waals surface area contributed by atoms with Gasteiger partial charge in [-0.3, -0.25) is 0 Å². The van der Waals surface area contributed by atoms with Gasteiger partial charge >= 0.3 is 12.0 Å². The van der Waals surface area contributed by atoms with Crippen molar-refractivity contribution in [3.63, 3.8) is 0 Å². The molecule has 0 aliphatic heterocycles. The first kappa shape index (κ1) is 29.5. The number of urea groups is 1. The number of para-hydroxylation sites is 1. The van der Waals surface area contributed by atoms with Gasteiger partial charge in [-0.25, -0.2) is 9.59 Å². The van der Waals surface area contributed by atoms with Crippen LogP contribution in [0.5, 0.6) is 5.75 Å². The van der Waals surface area contributed by atoms with Crippen molar-refractivity contribution in [3.8, 4) is 5.75 Å². The SMILES string of the molecule is CCCC(CCC)CN(CCOc1ccc(CC(OCC)C(=O)O)cc1)C(=O)Nc1ccccc1Cl. The summed E-state index contributed by atoms with van der Waals surface area (Å²) in [6.07, 6.45) is 3.68. The molecule has 1 atom stereocenters. The number of ether oxygens (including phenoxy) is 2. The van der Waals surface area contributed by atoms with E-state index >= 15 is 0 Å². The predicted octanol–water partition coefficient (Wildman–Crippen LogP) is 6.50. The van der Waals surface area contributed by atoms with Gasteiger partial charge in [0.15, 0.2) is 6.10 Å². The molecule has 0 radical (unpaired) electrons. The highest BCUT2D eigenvalue weighted by molar-refractivity contribution is 6.33. The largest absolute Gasteiger partial charge is 0.492 e. The van der Waals surface area contributed by atoms with Crippen molar-refractivity contribution in [2.75, 3.05) is 31.6 Å². The average Bonchev–Trinajstić information content (AvgIpc) is 2.85. The van der Waals surface area contributed by atoms with Crippen LogP contribution in [0, 0.1) is 5.92 Å². The molecule has 0 saturated carbocycles. The Morgan fingerprint density at radius 3 is 2.28 bits per heavy atom. The topological polar surface area (TPSA) is 88.1 Å². The second-order valence-corrected chi connectivity index (χ2v) is 9.19. The lowest BCUT2D eigenvalue weighted by Gasteiger charge is -2.28. The van der Waals surface area contributed by atoms with Gasteiger partial charge in [0.2, 0.25) is 0 Å². The molecule has 0 bridgehead atoms. The van der Waals surface area contributed by atoms with Crippen LogP contribution in [-0.2, 0) is 16.0 Å². The summed E-state index contributed by atoms with van der Waals surface area (Å²) < 4.78 is 11.2. The molecule has 0 aliphatic carbocycles. The molecule has 36 heavy (non-hydrogen) atoms. The lowest BCUT2D eigenvalue weighted by molar-refractivity contribution is -0.149. The number of halogens is 1. The Morgan fingerprint density at radius 2 is 1.69 bits per heavy atom. The van der Waals surface area contributed by atoms with Crippen LogP contribution in [0.15, 0.2) is 48.5 Å². The number of amides is 2. The van der Waals surface area contributed by atoms with Crippen molar-refractivity contribution in [1.29, 1.82) is 0 Å². The van der Waals surface area contributed by atoms with Crippen molar-refractivity contribution in [1.82, 2.24) is 4.90 Å². The Labute approximate surface area is 219 Å². The molecule has 198 valence electrons. The average molecular weight is 519 g/mol. The number of benzene rings is 2. The van der Waals surface area contributed by atoms with E-state index in [0.717, 1.165) is 31.2 Å². The molecule has 0 heterocycles. The second kappa shape index (κ2) is 16.1. The number of anilines is 1. The number of hydrogen-bond donors (Lipinski definition) is 2. The van der Waals surface area contributed by atoms with Gasteiger partial charge < -0.3 is 24.8 Å². The summed E-state index contributed by atoms with van der Waals surface area (Å²) in [5.41, 5.74) is 1.44. The quantitative estimate of drug-likeness (QED) is 0.265. The van der Waals surface area contributed by atoms with Gasteiger partial charge in [-0.2, -0.15) is 0 Å². The molecular weight excluding hydrogens is 480 g/mol. The molecule has 0 spiro atoms. The number of carbonyl (C=O) groups is 2. The van der Waals surface area contributed by atoms with Crippen LogP contribution in [0.3, 0.4) is 0 Å². The highest BCUT2D eigenvalue weighted by Crippen LogP contribution is 2.22. The van der Waals surface area contributed by atoms with E-state index in [0.29, 0.717) is 48.7 Å². The predicted molar refractivity (Wildman–Crippen MR) is 144 cm³/mol. The van der Waals surface area contributed by atoms with Crippen molar-refractivity contribution in [2.45, 2.75) is 59.0 Å². The lowest BCUT2D eigenvalue weighted by atomic mass is 9.98. The van der Waals surface area contributed by atoms with E-state index < -0.39 is 12.1 Å². The number of carbonyl (C=O) groups excluding carboxylic acids is 1. The number of carboxylic acids is 1. The fraction of sp³-hybridized carbons (Fsp3) is 0.500. The molecule has 0 aliphatic rings. The van der Waals surface area contributed by atoms with Gasteiger partial charge in [0.05, 0.1) is 17.3 Å². The molecule has 0 saturated heterocycles. The standard InChI is InChI=1S/C28H39ClN2O5/c1-4-9-22(10-5-2)20-31(28(34)30-25-12-8-7-11-24(25)29)17-18-36-23-15-13-21(14-16-23)19-26(27(32)33)35-6-3/h7-8,11-16,22,26H,4-6,9-10,17-20H2,1-3H3,(H,30,34)(H,32,33). The Balaban J connectivity index is 2.00. The van der Waals surface area contributed by atoms with Crippen LogP contribution in [0.1, 0.15) is 52.0 Å². The molecule has 0 aromatic heterocycles. The van der Waals surface area contributed by atoms with Gasteiger partial charge in [-0.15, -0.1) is 0 Å². The number of nitrogens with zero attached hydrogens (tertiary/aromatic N) is 1. The molecule has 2 N–H and O–H groups in total. The third kappa shape index (κ3) is 10.1. The molecule has 2 rings (SSSR count). The fourth-order valence-corrected chi connectivity index (χ4v) is 4.30. The number of rotatable bonds is 16. The molecule has 8 heteroatoms. The van der Waals surface area contributed by atoms with Crippen LogP contribution in [-0.4, -0.2) is 54.4 Å². The summed E-state index contributed by atoms with van der Waals surface area (Å²) in [5.74, 6) is 0.104. The summed E-state index contributed by atoms with van der Waals surface area (Å²) in [4.78, 5) is 26.3. The molecular formula is C28H39ClN2O5. The van der Waals surface area contributed by atoms with Crippen LogP contribution in [0.25, 0.3) is 0 Å². The van der Waals surface area contributed by atoms with Gasteiger partial charge in [-0.1, -0.05) is 62.6 Å². The van der Waals surface area contributed by atoms with Crippen LogP contribution in [0.4, 0.5) is 10.5 Å². The van der Waals surface area contributed by atoms with Gasteiger partial charge in [-0.05, 0) is 55.5 Å². The third-order valence-corrected chi connectivity index (χ3v) is 6.22. The maximum atomic E-state index is 13.1. The van der Waals surface area contributed by atoms with Crippen molar-refractivity contribution >= 4 is 29.3 Å². The smallest absolute Gasteiger partial charge is 0.333 e. The summed E-state index contributed by atoms with van der Waals surface area (Å²) in [7, 11) is 0. The Bertz CT molecular complexity index is 932. The van der Waals surface area contributed by atoms with Crippen molar-refractivity contribution in [3.05, 3.63) is 59.1 Å². The highest BCUT2D eigenvalue weighted by Gasteiger charge is 2.20. The number of hydrogen-bond acceptors (Lipinski definition) is 4. The lowest BCUT2D eigenvalue weighted by Crippen LogP contribution is -2.41. The molecule has 2 aromatic rings. The van der Waals surface area contributed by atoms with E-state index in [1.807, 2.05) is 36.4 Å². The van der Waals surface area contributed by atoms with E-state index in [-0.39, 0.29) is 12.5 Å². The minimum atomic E-state index is -0.975. The van der Waals surface area contributed by atoms with E-state index in [9.17, 15) is 14.7 Å². The second-order valence-electron chi connectivity index (χ2n) is 8.78. The van der Waals surface area contributed by atoms with Crippen LogP contribution < -0.4 is 10.1 Å². The van der Waals surface area contributed by atoms with Crippen molar-refractivity contribution < 1.29 is 24.2 Å². The monoisotopic (exact) mass is 518 g/mol. The molecule has 2 aromatic carbocycles.